The largest absolute Gasteiger partial charge is 0.327 e. The van der Waals surface area contributed by atoms with Crippen LogP contribution in [0.5, 0.6) is 0 Å². The highest BCUT2D eigenvalue weighted by molar-refractivity contribution is 9.10. The summed E-state index contributed by atoms with van der Waals surface area (Å²) in [6.45, 7) is 0. The quantitative estimate of drug-likeness (QED) is 0.703. The fraction of sp³-hybridized carbons (Fsp3) is 0. The van der Waals surface area contributed by atoms with E-state index in [0.29, 0.717) is 5.13 Å². The highest BCUT2D eigenvalue weighted by Crippen LogP contribution is 2.31. The van der Waals surface area contributed by atoms with Crippen molar-refractivity contribution in [2.75, 3.05) is 5.32 Å². The molecule has 0 atom stereocenters. The van der Waals surface area contributed by atoms with Gasteiger partial charge in [0.05, 0.1) is 10.2 Å². The zero-order valence-electron chi connectivity index (χ0n) is 9.45. The maximum Gasteiger partial charge on any atom is 0.188 e. The Kier molecular flexibility index (Phi) is 3.20. The molecule has 0 amide bonds. The van der Waals surface area contributed by atoms with E-state index in [1.807, 2.05) is 18.2 Å². The third-order valence-corrected chi connectivity index (χ3v) is 3.97. The summed E-state index contributed by atoms with van der Waals surface area (Å²) >= 11 is 4.71. The van der Waals surface area contributed by atoms with Crippen molar-refractivity contribution >= 4 is 48.3 Å². The lowest BCUT2D eigenvalue weighted by molar-refractivity contribution is 0.591. The van der Waals surface area contributed by atoms with E-state index in [4.69, 9.17) is 0 Å². The predicted molar refractivity (Wildman–Crippen MR) is 77.0 cm³/mol. The van der Waals surface area contributed by atoms with Crippen LogP contribution in [0.2, 0.25) is 0 Å². The Hall–Kier alpha value is -1.53. The van der Waals surface area contributed by atoms with Gasteiger partial charge in [-0.2, -0.15) is 0 Å². The molecule has 1 N–H and O–H groups in total. The van der Waals surface area contributed by atoms with E-state index in [-0.39, 0.29) is 5.69 Å². The number of para-hydroxylation sites is 1. The Bertz CT molecular complexity index is 737. The van der Waals surface area contributed by atoms with E-state index >= 15 is 0 Å². The fourth-order valence-corrected chi connectivity index (χ4v) is 3.10. The van der Waals surface area contributed by atoms with Crippen molar-refractivity contribution in [1.82, 2.24) is 4.98 Å². The average Bonchev–Trinajstić information content (AvgIpc) is 2.75. The normalized spacial score (nSPS) is 10.9. The van der Waals surface area contributed by atoms with Crippen LogP contribution in [-0.2, 0) is 0 Å². The molecule has 19 heavy (non-hydrogen) atoms. The van der Waals surface area contributed by atoms with Crippen LogP contribution in [0.3, 0.4) is 0 Å². The first-order chi connectivity index (χ1) is 9.13. The van der Waals surface area contributed by atoms with Gasteiger partial charge < -0.3 is 5.32 Å². The monoisotopic (exact) mass is 340 g/mol. The number of fused-ring (bicyclic) bond motifs is 1. The molecule has 3 rings (SSSR count). The van der Waals surface area contributed by atoms with Gasteiger partial charge in [-0.15, -0.1) is 0 Å². The van der Waals surface area contributed by atoms with E-state index in [1.54, 1.807) is 0 Å². The number of hydrogen-bond acceptors (Lipinski definition) is 3. The number of rotatable bonds is 2. The van der Waals surface area contributed by atoms with Crippen LogP contribution in [0.25, 0.3) is 10.2 Å². The molecule has 0 aliphatic rings. The second kappa shape index (κ2) is 4.86. The van der Waals surface area contributed by atoms with E-state index in [1.165, 1.54) is 29.5 Å². The number of nitrogens with one attached hydrogen (secondary N) is 1. The van der Waals surface area contributed by atoms with Crippen LogP contribution in [-0.4, -0.2) is 4.98 Å². The van der Waals surface area contributed by atoms with Crippen LogP contribution < -0.4 is 5.32 Å². The summed E-state index contributed by atoms with van der Waals surface area (Å²) < 4.78 is 28.9. The molecule has 96 valence electrons. The number of benzene rings is 2. The highest BCUT2D eigenvalue weighted by Gasteiger charge is 2.11. The molecule has 0 fully saturated rings. The van der Waals surface area contributed by atoms with Crippen molar-refractivity contribution in [2.24, 2.45) is 0 Å². The lowest BCUT2D eigenvalue weighted by atomic mass is 10.3. The van der Waals surface area contributed by atoms with Gasteiger partial charge in [0.1, 0.15) is 17.3 Å². The molecule has 0 bridgehead atoms. The molecule has 0 saturated carbocycles. The lowest BCUT2D eigenvalue weighted by Gasteiger charge is -2.04. The summed E-state index contributed by atoms with van der Waals surface area (Å²) in [4.78, 5) is 4.28. The van der Waals surface area contributed by atoms with E-state index in [2.05, 4.69) is 26.2 Å². The van der Waals surface area contributed by atoms with Gasteiger partial charge in [-0.3, -0.25) is 0 Å². The van der Waals surface area contributed by atoms with Gasteiger partial charge in [0.25, 0.3) is 0 Å². The van der Waals surface area contributed by atoms with Crippen molar-refractivity contribution < 1.29 is 8.78 Å². The van der Waals surface area contributed by atoms with Crippen LogP contribution >= 0.6 is 27.3 Å². The Morgan fingerprint density at radius 3 is 2.58 bits per heavy atom. The number of aromatic nitrogens is 1. The van der Waals surface area contributed by atoms with Crippen molar-refractivity contribution in [2.45, 2.75) is 0 Å². The minimum absolute atomic E-state index is 0.180. The van der Waals surface area contributed by atoms with Crippen molar-refractivity contribution in [1.29, 1.82) is 0 Å². The van der Waals surface area contributed by atoms with Gasteiger partial charge in [0, 0.05) is 4.47 Å². The first-order valence-electron chi connectivity index (χ1n) is 5.40. The minimum Gasteiger partial charge on any atom is -0.327 e. The number of anilines is 2. The SMILES string of the molecule is Fc1cccc(F)c1Nc1nc2ccc(Br)cc2s1. The molecule has 0 aliphatic carbocycles. The molecular formula is C13H7BrF2N2S. The summed E-state index contributed by atoms with van der Waals surface area (Å²) in [6, 6.07) is 9.36. The molecule has 0 unspecified atom stereocenters. The summed E-state index contributed by atoms with van der Waals surface area (Å²) in [5.74, 6) is -1.28. The maximum atomic E-state index is 13.5. The van der Waals surface area contributed by atoms with Gasteiger partial charge in [-0.1, -0.05) is 33.3 Å². The van der Waals surface area contributed by atoms with Gasteiger partial charge >= 0.3 is 0 Å². The minimum atomic E-state index is -0.638. The zero-order valence-corrected chi connectivity index (χ0v) is 11.9. The molecule has 1 aromatic heterocycles. The van der Waals surface area contributed by atoms with Crippen molar-refractivity contribution in [3.05, 3.63) is 52.5 Å². The number of halogens is 3. The van der Waals surface area contributed by atoms with Gasteiger partial charge in [0.2, 0.25) is 0 Å². The number of nitrogens with zero attached hydrogens (tertiary/aromatic N) is 1. The molecular weight excluding hydrogens is 334 g/mol. The summed E-state index contributed by atoms with van der Waals surface area (Å²) in [6.07, 6.45) is 0. The maximum absolute atomic E-state index is 13.5. The van der Waals surface area contributed by atoms with Gasteiger partial charge in [-0.25, -0.2) is 13.8 Å². The second-order valence-electron chi connectivity index (χ2n) is 3.85. The Balaban J connectivity index is 2.01. The topological polar surface area (TPSA) is 24.9 Å². The predicted octanol–water partition coefficient (Wildman–Crippen LogP) is 5.08. The molecule has 3 aromatic rings. The van der Waals surface area contributed by atoms with Crippen LogP contribution in [0.4, 0.5) is 19.6 Å². The zero-order chi connectivity index (χ0) is 13.4. The average molecular weight is 341 g/mol. The third-order valence-electron chi connectivity index (χ3n) is 2.55. The summed E-state index contributed by atoms with van der Waals surface area (Å²) in [7, 11) is 0. The van der Waals surface area contributed by atoms with Gasteiger partial charge in [-0.05, 0) is 30.3 Å². The molecule has 1 heterocycles. The third kappa shape index (κ3) is 2.46. The lowest BCUT2D eigenvalue weighted by Crippen LogP contribution is -1.96. The highest BCUT2D eigenvalue weighted by atomic mass is 79.9. The smallest absolute Gasteiger partial charge is 0.188 e. The molecule has 2 aromatic carbocycles. The van der Waals surface area contributed by atoms with E-state index < -0.39 is 11.6 Å². The van der Waals surface area contributed by atoms with E-state index in [9.17, 15) is 8.78 Å². The molecule has 0 radical (unpaired) electrons. The van der Waals surface area contributed by atoms with Crippen molar-refractivity contribution in [3.63, 3.8) is 0 Å². The Morgan fingerprint density at radius 2 is 1.84 bits per heavy atom. The Morgan fingerprint density at radius 1 is 1.11 bits per heavy atom. The summed E-state index contributed by atoms with van der Waals surface area (Å²) in [5, 5.41) is 3.15. The van der Waals surface area contributed by atoms with Crippen LogP contribution in [0.1, 0.15) is 0 Å². The first kappa shape index (κ1) is 12.5. The van der Waals surface area contributed by atoms with E-state index in [0.717, 1.165) is 14.7 Å². The van der Waals surface area contributed by atoms with Gasteiger partial charge in [0.15, 0.2) is 5.13 Å². The molecule has 0 aliphatic heterocycles. The van der Waals surface area contributed by atoms with Crippen molar-refractivity contribution in [3.8, 4) is 0 Å². The molecule has 0 spiro atoms. The molecule has 2 nitrogen and oxygen atoms in total. The molecule has 0 saturated heterocycles. The molecule has 6 heteroatoms. The van der Waals surface area contributed by atoms with Crippen LogP contribution in [0, 0.1) is 11.6 Å². The number of thiazole rings is 1. The Labute approximate surface area is 120 Å². The van der Waals surface area contributed by atoms with Crippen LogP contribution in [0.15, 0.2) is 40.9 Å². The number of hydrogen-bond donors (Lipinski definition) is 1. The summed E-state index contributed by atoms with van der Waals surface area (Å²) in [5.41, 5.74) is 0.605. The first-order valence-corrected chi connectivity index (χ1v) is 7.01. The second-order valence-corrected chi connectivity index (χ2v) is 5.80. The standard InChI is InChI=1S/C13H7BrF2N2S/c14-7-4-5-10-11(6-7)19-13(17-10)18-12-8(15)2-1-3-9(12)16/h1-6H,(H,17,18). The fourth-order valence-electron chi connectivity index (χ4n) is 1.68.